The highest BCUT2D eigenvalue weighted by Gasteiger charge is 2.26. The molecule has 0 aliphatic heterocycles. The smallest absolute Gasteiger partial charge is 0.0329 e. The number of aryl methyl sites for hydroxylation is 3. The lowest BCUT2D eigenvalue weighted by Crippen LogP contribution is -2.28. The summed E-state index contributed by atoms with van der Waals surface area (Å²) < 4.78 is 0. The molecule has 1 heteroatoms. The number of hydrogen-bond donors (Lipinski definition) is 1. The Morgan fingerprint density at radius 3 is 2.71 bits per heavy atom. The van der Waals surface area contributed by atoms with Gasteiger partial charge in [0.2, 0.25) is 0 Å². The van der Waals surface area contributed by atoms with Crippen LogP contribution in [0.2, 0.25) is 0 Å². The second-order valence-corrected chi connectivity index (χ2v) is 6.68. The van der Waals surface area contributed by atoms with Crippen LogP contribution in [0, 0.1) is 5.92 Å². The molecule has 0 amide bonds. The topological polar surface area (TPSA) is 26.0 Å². The van der Waals surface area contributed by atoms with E-state index in [1.54, 1.807) is 11.1 Å². The minimum Gasteiger partial charge on any atom is -0.324 e. The van der Waals surface area contributed by atoms with Crippen molar-refractivity contribution in [2.45, 2.75) is 44.6 Å². The van der Waals surface area contributed by atoms with Gasteiger partial charge in [-0.2, -0.15) is 0 Å². The summed E-state index contributed by atoms with van der Waals surface area (Å²) in [6.45, 7) is 0. The lowest BCUT2D eigenvalue weighted by molar-refractivity contribution is 0.376. The van der Waals surface area contributed by atoms with Crippen molar-refractivity contribution in [3.8, 4) is 0 Å². The molecule has 2 aliphatic rings. The number of hydrogen-bond acceptors (Lipinski definition) is 1. The summed E-state index contributed by atoms with van der Waals surface area (Å²) in [5.41, 5.74) is 14.0. The first-order valence-electron chi connectivity index (χ1n) is 8.25. The number of nitrogens with two attached hydrogens (primary N) is 1. The number of fused-ring (bicyclic) bond motifs is 2. The van der Waals surface area contributed by atoms with E-state index in [2.05, 4.69) is 42.5 Å². The van der Waals surface area contributed by atoms with Crippen molar-refractivity contribution in [2.75, 3.05) is 0 Å². The van der Waals surface area contributed by atoms with Gasteiger partial charge in [0.05, 0.1) is 0 Å². The number of benzene rings is 2. The molecule has 2 aromatic carbocycles. The van der Waals surface area contributed by atoms with Gasteiger partial charge in [0.25, 0.3) is 0 Å². The van der Waals surface area contributed by atoms with Crippen LogP contribution in [-0.2, 0) is 25.7 Å². The lowest BCUT2D eigenvalue weighted by atomic mass is 9.77. The van der Waals surface area contributed by atoms with Crippen molar-refractivity contribution in [1.82, 2.24) is 0 Å². The molecule has 0 radical (unpaired) electrons. The van der Waals surface area contributed by atoms with Gasteiger partial charge in [-0.1, -0.05) is 42.5 Å². The summed E-state index contributed by atoms with van der Waals surface area (Å²) in [4.78, 5) is 0. The van der Waals surface area contributed by atoms with E-state index in [0.717, 1.165) is 6.42 Å². The lowest BCUT2D eigenvalue weighted by Gasteiger charge is -2.31. The van der Waals surface area contributed by atoms with Crippen LogP contribution in [0.3, 0.4) is 0 Å². The fourth-order valence-corrected chi connectivity index (χ4v) is 4.15. The zero-order valence-electron chi connectivity index (χ0n) is 12.5. The summed E-state index contributed by atoms with van der Waals surface area (Å²) in [5.74, 6) is 0.583. The van der Waals surface area contributed by atoms with E-state index in [0.29, 0.717) is 5.92 Å². The second-order valence-electron chi connectivity index (χ2n) is 6.68. The Balaban J connectivity index is 1.56. The zero-order chi connectivity index (χ0) is 14.2. The quantitative estimate of drug-likeness (QED) is 0.883. The Bertz CT molecular complexity index is 659. The summed E-state index contributed by atoms with van der Waals surface area (Å²) in [6, 6.07) is 16.0. The molecule has 0 spiro atoms. The van der Waals surface area contributed by atoms with E-state index in [-0.39, 0.29) is 6.04 Å². The van der Waals surface area contributed by atoms with Crippen molar-refractivity contribution in [2.24, 2.45) is 11.7 Å². The van der Waals surface area contributed by atoms with Gasteiger partial charge < -0.3 is 5.73 Å². The normalized spacial score (nSPS) is 23.7. The van der Waals surface area contributed by atoms with Crippen LogP contribution in [0.4, 0.5) is 0 Å². The van der Waals surface area contributed by atoms with Gasteiger partial charge in [-0.25, -0.2) is 0 Å². The van der Waals surface area contributed by atoms with E-state index in [1.165, 1.54) is 48.8 Å². The van der Waals surface area contributed by atoms with Crippen LogP contribution in [0.15, 0.2) is 42.5 Å². The SMILES string of the molecule is NC1c2ccccc2CCC1Cc1ccc2c(c1)CCC2. The van der Waals surface area contributed by atoms with E-state index < -0.39 is 0 Å². The maximum atomic E-state index is 6.55. The highest BCUT2D eigenvalue weighted by atomic mass is 14.7. The van der Waals surface area contributed by atoms with Gasteiger partial charge >= 0.3 is 0 Å². The molecule has 0 fully saturated rings. The van der Waals surface area contributed by atoms with Crippen LogP contribution in [0.25, 0.3) is 0 Å². The predicted molar refractivity (Wildman–Crippen MR) is 87.4 cm³/mol. The molecule has 4 rings (SSSR count). The summed E-state index contributed by atoms with van der Waals surface area (Å²) in [6.07, 6.45) is 7.39. The van der Waals surface area contributed by atoms with Crippen LogP contribution >= 0.6 is 0 Å². The minimum atomic E-state index is 0.197. The van der Waals surface area contributed by atoms with E-state index >= 15 is 0 Å². The third-order valence-corrected chi connectivity index (χ3v) is 5.37. The Morgan fingerprint density at radius 1 is 0.905 bits per heavy atom. The first kappa shape index (κ1) is 13.1. The van der Waals surface area contributed by atoms with Crippen molar-refractivity contribution in [3.05, 3.63) is 70.3 Å². The van der Waals surface area contributed by atoms with Gasteiger partial charge in [-0.3, -0.25) is 0 Å². The molecule has 0 saturated heterocycles. The molecule has 0 aromatic heterocycles. The standard InChI is InChI=1S/C20H23N/c21-20-18(11-10-16-4-1-2-7-19(16)20)13-14-8-9-15-5-3-6-17(15)12-14/h1-2,4,7-9,12,18,20H,3,5-6,10-11,13,21H2. The van der Waals surface area contributed by atoms with Gasteiger partial charge in [-0.05, 0) is 72.3 Å². The Morgan fingerprint density at radius 2 is 1.76 bits per heavy atom. The molecule has 2 N–H and O–H groups in total. The molecule has 0 heterocycles. The van der Waals surface area contributed by atoms with E-state index in [4.69, 9.17) is 5.73 Å². The third-order valence-electron chi connectivity index (χ3n) is 5.37. The maximum absolute atomic E-state index is 6.55. The predicted octanol–water partition coefficient (Wildman–Crippen LogP) is 3.98. The first-order valence-corrected chi connectivity index (χ1v) is 8.25. The van der Waals surface area contributed by atoms with Gasteiger partial charge in [0.15, 0.2) is 0 Å². The zero-order valence-corrected chi connectivity index (χ0v) is 12.5. The van der Waals surface area contributed by atoms with Crippen LogP contribution in [0.5, 0.6) is 0 Å². The molecule has 0 bridgehead atoms. The van der Waals surface area contributed by atoms with Crippen LogP contribution in [-0.4, -0.2) is 0 Å². The Labute approximate surface area is 127 Å². The number of rotatable bonds is 2. The molecule has 2 unspecified atom stereocenters. The molecule has 1 nitrogen and oxygen atoms in total. The average Bonchev–Trinajstić information content (AvgIpc) is 2.98. The van der Waals surface area contributed by atoms with Crippen LogP contribution < -0.4 is 5.73 Å². The van der Waals surface area contributed by atoms with Crippen LogP contribution in [0.1, 0.15) is 46.7 Å². The van der Waals surface area contributed by atoms with Gasteiger partial charge in [-0.15, -0.1) is 0 Å². The second kappa shape index (κ2) is 5.31. The molecule has 2 aliphatic carbocycles. The Kier molecular flexibility index (Phi) is 3.31. The van der Waals surface area contributed by atoms with Crippen molar-refractivity contribution in [3.63, 3.8) is 0 Å². The molecular weight excluding hydrogens is 254 g/mol. The molecule has 2 atom stereocenters. The fourth-order valence-electron chi connectivity index (χ4n) is 4.15. The van der Waals surface area contributed by atoms with E-state index in [1.807, 2.05) is 0 Å². The Hall–Kier alpha value is -1.60. The average molecular weight is 277 g/mol. The molecule has 108 valence electrons. The monoisotopic (exact) mass is 277 g/mol. The fraction of sp³-hybridized carbons (Fsp3) is 0.400. The third kappa shape index (κ3) is 2.40. The largest absolute Gasteiger partial charge is 0.324 e. The molecule has 21 heavy (non-hydrogen) atoms. The van der Waals surface area contributed by atoms with Crippen molar-refractivity contribution >= 4 is 0 Å². The summed E-state index contributed by atoms with van der Waals surface area (Å²) in [5, 5.41) is 0. The highest BCUT2D eigenvalue weighted by Crippen LogP contribution is 2.35. The van der Waals surface area contributed by atoms with E-state index in [9.17, 15) is 0 Å². The minimum absolute atomic E-state index is 0.197. The highest BCUT2D eigenvalue weighted by molar-refractivity contribution is 5.37. The summed E-state index contributed by atoms with van der Waals surface area (Å²) in [7, 11) is 0. The maximum Gasteiger partial charge on any atom is 0.0329 e. The van der Waals surface area contributed by atoms with Gasteiger partial charge in [0, 0.05) is 6.04 Å². The first-order chi connectivity index (χ1) is 10.3. The van der Waals surface area contributed by atoms with Crippen molar-refractivity contribution < 1.29 is 0 Å². The molecular formula is C20H23N. The molecule has 0 saturated carbocycles. The van der Waals surface area contributed by atoms with Crippen molar-refractivity contribution in [1.29, 1.82) is 0 Å². The summed E-state index contributed by atoms with van der Waals surface area (Å²) >= 11 is 0. The van der Waals surface area contributed by atoms with Gasteiger partial charge in [0.1, 0.15) is 0 Å². The molecule has 2 aromatic rings.